The maximum Gasteiger partial charge on any atom is 0.407 e. The van der Waals surface area contributed by atoms with Crippen LogP contribution in [0, 0.1) is 0 Å². The average Bonchev–Trinajstić information content (AvgIpc) is 2.08. The van der Waals surface area contributed by atoms with E-state index in [1.54, 1.807) is 20.8 Å². The van der Waals surface area contributed by atoms with Gasteiger partial charge in [0.2, 0.25) is 5.67 Å². The van der Waals surface area contributed by atoms with Gasteiger partial charge in [0, 0.05) is 0 Å². The van der Waals surface area contributed by atoms with Crippen molar-refractivity contribution in [2.24, 2.45) is 0 Å². The lowest BCUT2D eigenvalue weighted by atomic mass is 9.76. The largest absolute Gasteiger partial charge is 0.479 e. The van der Waals surface area contributed by atoms with Crippen LogP contribution in [0.1, 0.15) is 33.6 Å². The van der Waals surface area contributed by atoms with Gasteiger partial charge in [-0.15, -0.1) is 0 Å². The number of alkyl carbamates (subject to hydrolysis) is 1. The number of hydrogen-bond acceptors (Lipinski definition) is 3. The monoisotopic (exact) mass is 233 g/mol. The number of halogens is 1. The van der Waals surface area contributed by atoms with E-state index in [1.165, 1.54) is 0 Å². The van der Waals surface area contributed by atoms with Gasteiger partial charge in [0.05, 0.1) is 6.04 Å². The second kappa shape index (κ2) is 3.92. The van der Waals surface area contributed by atoms with E-state index in [-0.39, 0.29) is 6.42 Å². The molecule has 1 saturated carbocycles. The highest BCUT2D eigenvalue weighted by atomic mass is 19.1. The average molecular weight is 233 g/mol. The van der Waals surface area contributed by atoms with Crippen molar-refractivity contribution in [1.29, 1.82) is 0 Å². The van der Waals surface area contributed by atoms with Crippen LogP contribution in [-0.4, -0.2) is 34.5 Å². The minimum atomic E-state index is -2.35. The number of rotatable bonds is 2. The molecule has 0 aromatic rings. The highest BCUT2D eigenvalue weighted by molar-refractivity contribution is 5.81. The Hall–Kier alpha value is -1.33. The summed E-state index contributed by atoms with van der Waals surface area (Å²) >= 11 is 0. The molecule has 1 aliphatic rings. The molecule has 0 unspecified atom stereocenters. The van der Waals surface area contributed by atoms with Gasteiger partial charge in [0.1, 0.15) is 5.60 Å². The van der Waals surface area contributed by atoms with Gasteiger partial charge in [-0.2, -0.15) is 0 Å². The molecule has 5 nitrogen and oxygen atoms in total. The Kier molecular flexibility index (Phi) is 3.12. The summed E-state index contributed by atoms with van der Waals surface area (Å²) < 4.78 is 18.5. The molecule has 16 heavy (non-hydrogen) atoms. The first kappa shape index (κ1) is 12.7. The van der Waals surface area contributed by atoms with Crippen molar-refractivity contribution in [2.75, 3.05) is 0 Å². The molecule has 0 heterocycles. The van der Waals surface area contributed by atoms with Gasteiger partial charge in [-0.1, -0.05) is 0 Å². The van der Waals surface area contributed by atoms with Crippen molar-refractivity contribution in [2.45, 2.75) is 50.9 Å². The molecule has 0 radical (unpaired) electrons. The van der Waals surface area contributed by atoms with Gasteiger partial charge in [0.25, 0.3) is 0 Å². The van der Waals surface area contributed by atoms with Crippen LogP contribution in [-0.2, 0) is 9.53 Å². The summed E-state index contributed by atoms with van der Waals surface area (Å²) in [5.74, 6) is -1.54. The minimum absolute atomic E-state index is 0.0806. The zero-order chi connectivity index (χ0) is 12.6. The van der Waals surface area contributed by atoms with Crippen LogP contribution in [0.3, 0.4) is 0 Å². The fourth-order valence-electron chi connectivity index (χ4n) is 1.43. The maximum atomic E-state index is 13.6. The lowest BCUT2D eigenvalue weighted by Gasteiger charge is -2.39. The number of carbonyl (C=O) groups is 2. The number of amides is 1. The fourth-order valence-corrected chi connectivity index (χ4v) is 1.43. The molecule has 1 amide bonds. The Morgan fingerprint density at radius 3 is 2.38 bits per heavy atom. The molecule has 0 spiro atoms. The highest BCUT2D eigenvalue weighted by Crippen LogP contribution is 2.36. The summed E-state index contributed by atoms with van der Waals surface area (Å²) in [6, 6.07) is -1.00. The Labute approximate surface area is 93.0 Å². The quantitative estimate of drug-likeness (QED) is 0.757. The molecule has 2 N–H and O–H groups in total. The molecule has 1 fully saturated rings. The second-order valence-corrected chi connectivity index (χ2v) is 4.91. The summed E-state index contributed by atoms with van der Waals surface area (Å²) in [6.07, 6.45) is -0.564. The van der Waals surface area contributed by atoms with Crippen molar-refractivity contribution in [1.82, 2.24) is 5.32 Å². The Morgan fingerprint density at radius 1 is 1.50 bits per heavy atom. The number of carboxylic acid groups (broad SMARTS) is 1. The number of alkyl halides is 1. The first-order chi connectivity index (χ1) is 7.15. The Balaban J connectivity index is 2.51. The third-order valence-corrected chi connectivity index (χ3v) is 2.40. The molecule has 2 atom stereocenters. The lowest BCUT2D eigenvalue weighted by Crippen LogP contribution is -2.62. The van der Waals surface area contributed by atoms with Crippen molar-refractivity contribution >= 4 is 12.1 Å². The van der Waals surface area contributed by atoms with Crippen LogP contribution in [0.2, 0.25) is 0 Å². The zero-order valence-corrected chi connectivity index (χ0v) is 9.54. The third kappa shape index (κ3) is 2.62. The molecule has 92 valence electrons. The Morgan fingerprint density at radius 2 is 2.06 bits per heavy atom. The fraction of sp³-hybridized carbons (Fsp3) is 0.800. The van der Waals surface area contributed by atoms with Crippen LogP contribution >= 0.6 is 0 Å². The van der Waals surface area contributed by atoms with Crippen molar-refractivity contribution < 1.29 is 23.8 Å². The van der Waals surface area contributed by atoms with E-state index in [4.69, 9.17) is 9.84 Å². The summed E-state index contributed by atoms with van der Waals surface area (Å²) in [6.45, 7) is 5.02. The van der Waals surface area contributed by atoms with Crippen LogP contribution in [0.4, 0.5) is 9.18 Å². The van der Waals surface area contributed by atoms with E-state index in [0.29, 0.717) is 6.42 Å². The van der Waals surface area contributed by atoms with Crippen molar-refractivity contribution in [3.05, 3.63) is 0 Å². The molecule has 6 heteroatoms. The Bertz CT molecular complexity index is 312. The second-order valence-electron chi connectivity index (χ2n) is 4.91. The van der Waals surface area contributed by atoms with Gasteiger partial charge in [-0.3, -0.25) is 0 Å². The van der Waals surface area contributed by atoms with E-state index in [0.717, 1.165) is 0 Å². The van der Waals surface area contributed by atoms with E-state index in [9.17, 15) is 14.0 Å². The van der Waals surface area contributed by atoms with Gasteiger partial charge in [0.15, 0.2) is 0 Å². The maximum absolute atomic E-state index is 13.6. The first-order valence-corrected chi connectivity index (χ1v) is 5.07. The van der Waals surface area contributed by atoms with Crippen LogP contribution in [0.15, 0.2) is 0 Å². The molecule has 0 saturated heterocycles. The summed E-state index contributed by atoms with van der Waals surface area (Å²) in [5.41, 5.74) is -3.03. The SMILES string of the molecule is CC(C)(C)OC(=O)N[C@@H]1CC[C@@]1(F)C(=O)O. The molecule has 1 rings (SSSR count). The predicted octanol–water partition coefficient (Wildman–Crippen LogP) is 1.47. The predicted molar refractivity (Wildman–Crippen MR) is 53.9 cm³/mol. The number of ether oxygens (including phenoxy) is 1. The number of aliphatic carboxylic acids is 1. The van der Waals surface area contributed by atoms with Crippen molar-refractivity contribution in [3.8, 4) is 0 Å². The minimum Gasteiger partial charge on any atom is -0.479 e. The number of carboxylic acids is 1. The third-order valence-electron chi connectivity index (χ3n) is 2.40. The number of nitrogens with one attached hydrogen (secondary N) is 1. The molecule has 0 bridgehead atoms. The summed E-state index contributed by atoms with van der Waals surface area (Å²) in [5, 5.41) is 10.9. The normalized spacial score (nSPS) is 29.1. The van der Waals surface area contributed by atoms with Gasteiger partial charge in [-0.05, 0) is 33.6 Å². The van der Waals surface area contributed by atoms with Crippen LogP contribution in [0.5, 0.6) is 0 Å². The van der Waals surface area contributed by atoms with Crippen LogP contribution in [0.25, 0.3) is 0 Å². The molecule has 0 aromatic carbocycles. The van der Waals surface area contributed by atoms with Gasteiger partial charge < -0.3 is 15.2 Å². The topological polar surface area (TPSA) is 75.6 Å². The number of hydrogen-bond donors (Lipinski definition) is 2. The summed E-state index contributed by atoms with van der Waals surface area (Å²) in [4.78, 5) is 21.9. The van der Waals surface area contributed by atoms with E-state index < -0.39 is 29.4 Å². The van der Waals surface area contributed by atoms with Crippen LogP contribution < -0.4 is 5.32 Å². The van der Waals surface area contributed by atoms with E-state index in [1.807, 2.05) is 0 Å². The van der Waals surface area contributed by atoms with Crippen molar-refractivity contribution in [3.63, 3.8) is 0 Å². The van der Waals surface area contributed by atoms with E-state index in [2.05, 4.69) is 5.32 Å². The smallest absolute Gasteiger partial charge is 0.407 e. The molecular formula is C10H16FNO4. The summed E-state index contributed by atoms with van der Waals surface area (Å²) in [7, 11) is 0. The molecule has 0 aromatic heterocycles. The zero-order valence-electron chi connectivity index (χ0n) is 9.54. The molecule has 1 aliphatic carbocycles. The number of carbonyl (C=O) groups excluding carboxylic acids is 1. The highest BCUT2D eigenvalue weighted by Gasteiger charge is 2.55. The van der Waals surface area contributed by atoms with Gasteiger partial charge in [-0.25, -0.2) is 14.0 Å². The first-order valence-electron chi connectivity index (χ1n) is 5.07. The molecular weight excluding hydrogens is 217 g/mol. The van der Waals surface area contributed by atoms with E-state index >= 15 is 0 Å². The standard InChI is InChI=1S/C10H16FNO4/c1-9(2,3)16-8(15)12-6-4-5-10(6,11)7(13)14/h6H,4-5H2,1-3H3,(H,12,15)(H,13,14)/t6-,10+/m1/s1. The molecule has 0 aliphatic heterocycles. The lowest BCUT2D eigenvalue weighted by molar-refractivity contribution is -0.160. The van der Waals surface area contributed by atoms with Gasteiger partial charge >= 0.3 is 12.1 Å².